The number of anilines is 1. The summed E-state index contributed by atoms with van der Waals surface area (Å²) in [5, 5.41) is 2.72. The fourth-order valence-electron chi connectivity index (χ4n) is 2.45. The van der Waals surface area contributed by atoms with Crippen LogP contribution < -0.4 is 14.8 Å². The Morgan fingerprint density at radius 2 is 1.86 bits per heavy atom. The van der Waals surface area contributed by atoms with Gasteiger partial charge in [-0.2, -0.15) is 8.78 Å². The van der Waals surface area contributed by atoms with Gasteiger partial charge in [-0.05, 0) is 42.8 Å². The Balaban J connectivity index is 1.93. The molecule has 1 N–H and O–H groups in total. The van der Waals surface area contributed by atoms with E-state index in [-0.39, 0.29) is 24.1 Å². The van der Waals surface area contributed by atoms with E-state index in [9.17, 15) is 18.4 Å². The Morgan fingerprint density at radius 1 is 1.14 bits per heavy atom. The topological polar surface area (TPSA) is 67.9 Å². The van der Waals surface area contributed by atoms with Gasteiger partial charge in [-0.25, -0.2) is 0 Å². The van der Waals surface area contributed by atoms with Crippen molar-refractivity contribution in [1.29, 1.82) is 0 Å². The third-order valence-electron chi connectivity index (χ3n) is 3.90. The first kappa shape index (κ1) is 21.9. The molecular formula is C21H22F2N2O4. The number of nitrogens with one attached hydrogen (secondary N) is 1. The minimum Gasteiger partial charge on any atom is -0.497 e. The first-order valence-corrected chi connectivity index (χ1v) is 8.87. The molecule has 2 aromatic carbocycles. The van der Waals surface area contributed by atoms with E-state index in [1.807, 2.05) is 0 Å². The molecular weight excluding hydrogens is 382 g/mol. The summed E-state index contributed by atoms with van der Waals surface area (Å²) in [5.74, 6) is -0.0384. The minimum absolute atomic E-state index is 0.0351. The average Bonchev–Trinajstić information content (AvgIpc) is 2.71. The molecule has 2 aromatic rings. The molecule has 6 nitrogen and oxygen atoms in total. The Kier molecular flexibility index (Phi) is 8.14. The smallest absolute Gasteiger partial charge is 0.387 e. The van der Waals surface area contributed by atoms with Crippen molar-refractivity contribution in [3.05, 3.63) is 60.2 Å². The van der Waals surface area contributed by atoms with Gasteiger partial charge in [0, 0.05) is 24.4 Å². The zero-order valence-electron chi connectivity index (χ0n) is 16.1. The monoisotopic (exact) mass is 404 g/mol. The normalized spacial score (nSPS) is 10.8. The van der Waals surface area contributed by atoms with Gasteiger partial charge in [-0.15, -0.1) is 0 Å². The van der Waals surface area contributed by atoms with E-state index in [2.05, 4.69) is 10.1 Å². The molecule has 0 bridgehead atoms. The van der Waals surface area contributed by atoms with Crippen molar-refractivity contribution >= 4 is 23.6 Å². The van der Waals surface area contributed by atoms with Crippen molar-refractivity contribution in [2.75, 3.05) is 25.5 Å². The Hall–Kier alpha value is -3.42. The number of amides is 2. The van der Waals surface area contributed by atoms with Gasteiger partial charge in [0.05, 0.1) is 7.11 Å². The van der Waals surface area contributed by atoms with E-state index in [1.54, 1.807) is 43.3 Å². The summed E-state index contributed by atoms with van der Waals surface area (Å²) in [6.07, 6.45) is 2.86. The lowest BCUT2D eigenvalue weighted by molar-refractivity contribution is -0.130. The summed E-state index contributed by atoms with van der Waals surface area (Å²) < 4.78 is 33.7. The number of hydrogen-bond donors (Lipinski definition) is 1. The van der Waals surface area contributed by atoms with Crippen molar-refractivity contribution in [3.63, 3.8) is 0 Å². The highest BCUT2D eigenvalue weighted by atomic mass is 19.3. The largest absolute Gasteiger partial charge is 0.497 e. The van der Waals surface area contributed by atoms with Crippen LogP contribution in [0.2, 0.25) is 0 Å². The molecule has 0 aliphatic carbocycles. The van der Waals surface area contributed by atoms with Crippen LogP contribution >= 0.6 is 0 Å². The van der Waals surface area contributed by atoms with Crippen LogP contribution in [0.1, 0.15) is 12.5 Å². The molecule has 0 saturated heterocycles. The number of hydrogen-bond acceptors (Lipinski definition) is 4. The average molecular weight is 404 g/mol. The third-order valence-corrected chi connectivity index (χ3v) is 3.90. The van der Waals surface area contributed by atoms with Gasteiger partial charge >= 0.3 is 6.61 Å². The number of nitrogens with zero attached hydrogens (tertiary/aromatic N) is 1. The maximum absolute atomic E-state index is 12.4. The van der Waals surface area contributed by atoms with E-state index < -0.39 is 6.61 Å². The van der Waals surface area contributed by atoms with Crippen LogP contribution in [0.5, 0.6) is 11.5 Å². The molecule has 154 valence electrons. The highest BCUT2D eigenvalue weighted by Crippen LogP contribution is 2.17. The molecule has 0 heterocycles. The molecule has 8 heteroatoms. The van der Waals surface area contributed by atoms with Crippen molar-refractivity contribution in [2.45, 2.75) is 13.5 Å². The molecule has 0 fully saturated rings. The molecule has 2 rings (SSSR count). The summed E-state index contributed by atoms with van der Waals surface area (Å²) in [5.41, 5.74) is 1.20. The Labute approximate surface area is 167 Å². The number of benzene rings is 2. The number of likely N-dealkylation sites (N-methyl/N-ethyl adjacent to an activating group) is 1. The molecule has 29 heavy (non-hydrogen) atoms. The summed E-state index contributed by atoms with van der Waals surface area (Å²) >= 11 is 0. The number of ether oxygens (including phenoxy) is 2. The van der Waals surface area contributed by atoms with Crippen molar-refractivity contribution in [2.24, 2.45) is 0 Å². The molecule has 0 aliphatic rings. The molecule has 0 aromatic heterocycles. The highest BCUT2D eigenvalue weighted by Gasteiger charge is 2.13. The maximum atomic E-state index is 12.4. The molecule has 0 radical (unpaired) electrons. The van der Waals surface area contributed by atoms with Crippen LogP contribution in [-0.2, 0) is 9.59 Å². The molecule has 0 unspecified atom stereocenters. The maximum Gasteiger partial charge on any atom is 0.387 e. The third kappa shape index (κ3) is 7.25. The number of carbonyl (C=O) groups excluding carboxylic acids is 2. The van der Waals surface area contributed by atoms with Crippen LogP contribution in [-0.4, -0.2) is 43.5 Å². The fourth-order valence-corrected chi connectivity index (χ4v) is 2.45. The predicted molar refractivity (Wildman–Crippen MR) is 106 cm³/mol. The lowest BCUT2D eigenvalue weighted by atomic mass is 10.2. The first-order chi connectivity index (χ1) is 13.9. The number of rotatable bonds is 9. The van der Waals surface area contributed by atoms with Gasteiger partial charge < -0.3 is 19.7 Å². The number of carbonyl (C=O) groups is 2. The fraction of sp³-hybridized carbons (Fsp3) is 0.238. The molecule has 0 spiro atoms. The summed E-state index contributed by atoms with van der Waals surface area (Å²) in [7, 11) is 1.53. The van der Waals surface area contributed by atoms with Gasteiger partial charge in [0.1, 0.15) is 18.0 Å². The molecule has 2 amide bonds. The lowest BCUT2D eigenvalue weighted by Gasteiger charge is -2.18. The predicted octanol–water partition coefficient (Wildman–Crippen LogP) is 3.80. The lowest BCUT2D eigenvalue weighted by Crippen LogP contribution is -2.36. The second kappa shape index (κ2) is 10.8. The van der Waals surface area contributed by atoms with E-state index in [1.165, 1.54) is 36.3 Å². The minimum atomic E-state index is -2.89. The summed E-state index contributed by atoms with van der Waals surface area (Å²) in [6, 6.07) is 12.8. The second-order valence-electron chi connectivity index (χ2n) is 5.91. The van der Waals surface area contributed by atoms with E-state index in [4.69, 9.17) is 4.74 Å². The SMILES string of the molecule is CCN(CC(=O)Nc1cccc(OC)c1)C(=O)/C=C/c1ccc(OC(F)F)cc1. The molecule has 0 aliphatic heterocycles. The highest BCUT2D eigenvalue weighted by molar-refractivity contribution is 5.98. The van der Waals surface area contributed by atoms with Gasteiger partial charge in [-0.3, -0.25) is 9.59 Å². The van der Waals surface area contributed by atoms with Crippen LogP contribution in [0.4, 0.5) is 14.5 Å². The van der Waals surface area contributed by atoms with Gasteiger partial charge in [0.2, 0.25) is 11.8 Å². The summed E-state index contributed by atoms with van der Waals surface area (Å²) in [4.78, 5) is 26.0. The van der Waals surface area contributed by atoms with Crippen molar-refractivity contribution in [1.82, 2.24) is 4.90 Å². The zero-order chi connectivity index (χ0) is 21.2. The first-order valence-electron chi connectivity index (χ1n) is 8.87. The summed E-state index contributed by atoms with van der Waals surface area (Å²) in [6.45, 7) is -0.895. The van der Waals surface area contributed by atoms with Gasteiger partial charge in [0.25, 0.3) is 0 Å². The quantitative estimate of drug-likeness (QED) is 0.646. The number of halogens is 2. The van der Waals surface area contributed by atoms with E-state index in [0.29, 0.717) is 23.5 Å². The van der Waals surface area contributed by atoms with E-state index in [0.717, 1.165) is 0 Å². The van der Waals surface area contributed by atoms with E-state index >= 15 is 0 Å². The van der Waals surface area contributed by atoms with Crippen LogP contribution in [0.15, 0.2) is 54.6 Å². The van der Waals surface area contributed by atoms with Crippen LogP contribution in [0.25, 0.3) is 6.08 Å². The van der Waals surface area contributed by atoms with Gasteiger partial charge in [-0.1, -0.05) is 18.2 Å². The van der Waals surface area contributed by atoms with Crippen LogP contribution in [0.3, 0.4) is 0 Å². The number of alkyl halides is 2. The van der Waals surface area contributed by atoms with Crippen molar-refractivity contribution < 1.29 is 27.8 Å². The molecule has 0 saturated carbocycles. The standard InChI is InChI=1S/C21H22F2N2O4/c1-3-25(14-19(26)24-16-5-4-6-18(13-16)28-2)20(27)12-9-15-7-10-17(11-8-15)29-21(22)23/h4-13,21H,3,14H2,1-2H3,(H,24,26)/b12-9+. The van der Waals surface area contributed by atoms with Crippen molar-refractivity contribution in [3.8, 4) is 11.5 Å². The number of methoxy groups -OCH3 is 1. The second-order valence-corrected chi connectivity index (χ2v) is 5.91. The van der Waals surface area contributed by atoms with Crippen LogP contribution in [0, 0.1) is 0 Å². The zero-order valence-corrected chi connectivity index (χ0v) is 16.1. The van der Waals surface area contributed by atoms with Gasteiger partial charge in [0.15, 0.2) is 0 Å². The molecule has 0 atom stereocenters. The Bertz CT molecular complexity index is 854. The Morgan fingerprint density at radius 3 is 2.48 bits per heavy atom.